The summed E-state index contributed by atoms with van der Waals surface area (Å²) in [4.78, 5) is 53.9. The van der Waals surface area contributed by atoms with Crippen LogP contribution in [0.5, 0.6) is 0 Å². The van der Waals surface area contributed by atoms with Crippen LogP contribution in [-0.2, 0) is 38.5 Å². The Bertz CT molecular complexity index is 2370. The minimum atomic E-state index is -0.565. The molecule has 0 aliphatic rings. The molecule has 0 radical (unpaired) electrons. The first-order chi connectivity index (χ1) is 27.2. The first kappa shape index (κ1) is 41.9. The van der Waals surface area contributed by atoms with Gasteiger partial charge in [0.15, 0.2) is 23.0 Å². The average molecular weight is 775 g/mol. The molecule has 2 heterocycles. The fourth-order valence-electron chi connectivity index (χ4n) is 7.41. The third-order valence-electron chi connectivity index (χ3n) is 10.5. The lowest BCUT2D eigenvalue weighted by Gasteiger charge is -2.20. The zero-order chi connectivity index (χ0) is 41.7. The second-order valence-corrected chi connectivity index (χ2v) is 14.1. The van der Waals surface area contributed by atoms with Crippen LogP contribution >= 0.6 is 0 Å². The van der Waals surface area contributed by atoms with Crippen LogP contribution in [0.25, 0.3) is 0 Å². The quantitative estimate of drug-likeness (QED) is 0.0601. The molecular formula is C45H54N6O6. The molecule has 0 aliphatic heterocycles. The van der Waals surface area contributed by atoms with Crippen molar-refractivity contribution in [2.45, 2.75) is 101 Å². The van der Waals surface area contributed by atoms with Gasteiger partial charge in [0.05, 0.1) is 0 Å². The fourth-order valence-corrected chi connectivity index (χ4v) is 7.41. The first-order valence-corrected chi connectivity index (χ1v) is 19.6. The SMILES string of the molecule is CCc1cc(C)c(NC(=O)c2ccc(C(=O)Nc3c(C)cc(CC)c(NC(=O)c4ccc(C(=O)Nc5c(C)cc(CC)c(N)c5CC)o4)c3CC)o2)c(CC)c1N. The summed E-state index contributed by atoms with van der Waals surface area (Å²) in [6.07, 6.45) is 3.85. The number of nitrogen functional groups attached to an aromatic ring is 2. The van der Waals surface area contributed by atoms with Gasteiger partial charge in [0, 0.05) is 34.1 Å². The third-order valence-corrected chi connectivity index (χ3v) is 10.5. The van der Waals surface area contributed by atoms with Gasteiger partial charge in [-0.1, -0.05) is 59.7 Å². The summed E-state index contributed by atoms with van der Waals surface area (Å²) in [7, 11) is 0. The van der Waals surface area contributed by atoms with E-state index in [0.717, 1.165) is 57.3 Å². The highest BCUT2D eigenvalue weighted by molar-refractivity contribution is 6.09. The maximum absolute atomic E-state index is 13.7. The number of benzene rings is 3. The number of carbonyl (C=O) groups is 4. The van der Waals surface area contributed by atoms with Crippen molar-refractivity contribution in [3.63, 3.8) is 0 Å². The Labute approximate surface area is 334 Å². The Hall–Kier alpha value is -6.30. The molecule has 4 amide bonds. The van der Waals surface area contributed by atoms with Crippen molar-refractivity contribution in [2.24, 2.45) is 0 Å². The summed E-state index contributed by atoms with van der Waals surface area (Å²) in [5.41, 5.74) is 24.3. The summed E-state index contributed by atoms with van der Waals surface area (Å²) in [6, 6.07) is 11.6. The Morgan fingerprint density at radius 3 is 1.02 bits per heavy atom. The average Bonchev–Trinajstić information content (AvgIpc) is 3.90. The van der Waals surface area contributed by atoms with E-state index in [-0.39, 0.29) is 23.0 Å². The first-order valence-electron chi connectivity index (χ1n) is 19.6. The highest BCUT2D eigenvalue weighted by Gasteiger charge is 2.25. The van der Waals surface area contributed by atoms with Crippen LogP contribution in [0.15, 0.2) is 51.3 Å². The van der Waals surface area contributed by atoms with Crippen molar-refractivity contribution < 1.29 is 28.0 Å². The molecular weight excluding hydrogens is 721 g/mol. The molecule has 12 heteroatoms. The van der Waals surface area contributed by atoms with Gasteiger partial charge in [-0.05, 0) is 134 Å². The summed E-state index contributed by atoms with van der Waals surface area (Å²) < 4.78 is 11.6. The smallest absolute Gasteiger partial charge is 0.291 e. The van der Waals surface area contributed by atoms with Gasteiger partial charge < -0.3 is 41.6 Å². The van der Waals surface area contributed by atoms with Gasteiger partial charge in [0.1, 0.15) is 0 Å². The van der Waals surface area contributed by atoms with Crippen molar-refractivity contribution in [1.82, 2.24) is 0 Å². The number of amides is 4. The minimum absolute atomic E-state index is 0.0333. The molecule has 8 N–H and O–H groups in total. The molecule has 0 fully saturated rings. The Morgan fingerprint density at radius 2 is 0.719 bits per heavy atom. The monoisotopic (exact) mass is 774 g/mol. The summed E-state index contributed by atoms with van der Waals surface area (Å²) in [5, 5.41) is 11.8. The van der Waals surface area contributed by atoms with Crippen molar-refractivity contribution in [2.75, 3.05) is 32.7 Å². The van der Waals surface area contributed by atoms with Gasteiger partial charge in [0.25, 0.3) is 23.6 Å². The Balaban J connectivity index is 1.35. The van der Waals surface area contributed by atoms with E-state index in [0.29, 0.717) is 65.4 Å². The van der Waals surface area contributed by atoms with Crippen molar-refractivity contribution in [3.05, 3.63) is 116 Å². The Morgan fingerprint density at radius 1 is 0.439 bits per heavy atom. The van der Waals surface area contributed by atoms with Gasteiger partial charge in [-0.15, -0.1) is 0 Å². The molecule has 5 rings (SSSR count). The number of carbonyl (C=O) groups excluding carboxylic acids is 4. The van der Waals surface area contributed by atoms with E-state index < -0.39 is 23.6 Å². The molecule has 0 saturated carbocycles. The van der Waals surface area contributed by atoms with E-state index in [9.17, 15) is 19.2 Å². The molecule has 0 aliphatic carbocycles. The molecule has 300 valence electrons. The van der Waals surface area contributed by atoms with E-state index in [1.165, 1.54) is 24.3 Å². The van der Waals surface area contributed by atoms with E-state index in [2.05, 4.69) is 21.3 Å². The van der Waals surface area contributed by atoms with Crippen LogP contribution < -0.4 is 32.7 Å². The van der Waals surface area contributed by atoms with Crippen LogP contribution in [0.2, 0.25) is 0 Å². The zero-order valence-corrected chi connectivity index (χ0v) is 34.4. The van der Waals surface area contributed by atoms with Gasteiger partial charge in [-0.25, -0.2) is 0 Å². The molecule has 0 bridgehead atoms. The molecule has 3 aromatic carbocycles. The number of furan rings is 2. The second kappa shape index (κ2) is 17.7. The van der Waals surface area contributed by atoms with Crippen LogP contribution in [-0.4, -0.2) is 23.6 Å². The molecule has 0 atom stereocenters. The third kappa shape index (κ3) is 8.45. The molecule has 57 heavy (non-hydrogen) atoms. The maximum Gasteiger partial charge on any atom is 0.291 e. The van der Waals surface area contributed by atoms with Gasteiger partial charge in [-0.3, -0.25) is 19.2 Å². The highest BCUT2D eigenvalue weighted by Crippen LogP contribution is 2.36. The number of nitrogens with one attached hydrogen (secondary N) is 4. The van der Waals surface area contributed by atoms with Crippen molar-refractivity contribution >= 4 is 57.8 Å². The molecule has 0 spiro atoms. The van der Waals surface area contributed by atoms with E-state index in [1.807, 2.05) is 80.5 Å². The number of nitrogens with two attached hydrogens (primary N) is 2. The van der Waals surface area contributed by atoms with Gasteiger partial charge in [-0.2, -0.15) is 0 Å². The van der Waals surface area contributed by atoms with Crippen molar-refractivity contribution in [3.8, 4) is 0 Å². The van der Waals surface area contributed by atoms with Gasteiger partial charge >= 0.3 is 0 Å². The summed E-state index contributed by atoms with van der Waals surface area (Å²) in [5.74, 6) is -2.33. The van der Waals surface area contributed by atoms with Gasteiger partial charge in [0.2, 0.25) is 0 Å². The van der Waals surface area contributed by atoms with Crippen LogP contribution in [0.1, 0.15) is 134 Å². The molecule has 0 unspecified atom stereocenters. The van der Waals surface area contributed by atoms with Crippen LogP contribution in [0, 0.1) is 20.8 Å². The Kier molecular flexibility index (Phi) is 13.0. The predicted molar refractivity (Wildman–Crippen MR) is 228 cm³/mol. The lowest BCUT2D eigenvalue weighted by Crippen LogP contribution is -2.19. The standard InChI is InChI=1S/C45H54N6O6/c1-10-26-20-23(7)38(29(13-4)36(26)46)48-42(52)32-16-17-34(56-32)44(54)50-40-25(9)22-28(12-3)41(31(40)15-6)51-45(55)35-19-18-33(57-35)43(53)49-39-24(8)21-27(11-2)37(47)30(39)14-5/h16-22H,10-15,46-47H2,1-9H3,(H,48,52)(H,49,53)(H,50,54)(H,51,55). The van der Waals surface area contributed by atoms with E-state index in [4.69, 9.17) is 20.3 Å². The number of hydrogen-bond acceptors (Lipinski definition) is 8. The normalized spacial score (nSPS) is 11.0. The van der Waals surface area contributed by atoms with Crippen LogP contribution in [0.4, 0.5) is 34.1 Å². The molecule has 5 aromatic rings. The molecule has 0 saturated heterocycles. The summed E-state index contributed by atoms with van der Waals surface area (Å²) in [6.45, 7) is 17.6. The largest absolute Gasteiger partial charge is 0.446 e. The maximum atomic E-state index is 13.7. The number of anilines is 6. The second-order valence-electron chi connectivity index (χ2n) is 14.1. The van der Waals surface area contributed by atoms with Crippen molar-refractivity contribution in [1.29, 1.82) is 0 Å². The number of aryl methyl sites for hydroxylation is 6. The lowest BCUT2D eigenvalue weighted by molar-refractivity contribution is 0.0960. The number of hydrogen-bond donors (Lipinski definition) is 6. The lowest BCUT2D eigenvalue weighted by atomic mass is 9.96. The minimum Gasteiger partial charge on any atom is -0.446 e. The van der Waals surface area contributed by atoms with E-state index in [1.54, 1.807) is 0 Å². The predicted octanol–water partition coefficient (Wildman–Crippen LogP) is 9.35. The molecule has 12 nitrogen and oxygen atoms in total. The topological polar surface area (TPSA) is 195 Å². The summed E-state index contributed by atoms with van der Waals surface area (Å²) >= 11 is 0. The van der Waals surface area contributed by atoms with E-state index >= 15 is 0 Å². The number of rotatable bonds is 14. The fraction of sp³-hybridized carbons (Fsp3) is 0.333. The van der Waals surface area contributed by atoms with Crippen LogP contribution in [0.3, 0.4) is 0 Å². The zero-order valence-electron chi connectivity index (χ0n) is 34.4. The highest BCUT2D eigenvalue weighted by atomic mass is 16.4. The molecule has 2 aromatic heterocycles.